The molecule has 2 rings (SSSR count). The van der Waals surface area contributed by atoms with Crippen LogP contribution in [0.3, 0.4) is 0 Å². The topological polar surface area (TPSA) is 66.1 Å². The van der Waals surface area contributed by atoms with Crippen LogP contribution in [0.25, 0.3) is 0 Å². The van der Waals surface area contributed by atoms with Crippen molar-refractivity contribution >= 4 is 10.0 Å². The zero-order valence-electron chi connectivity index (χ0n) is 12.8. The lowest BCUT2D eigenvalue weighted by Crippen LogP contribution is -2.26. The molecule has 0 unspecified atom stereocenters. The number of hydrogen-bond donors (Lipinski definition) is 1. The van der Waals surface area contributed by atoms with Gasteiger partial charge in [-0.25, -0.2) is 13.4 Å². The molecule has 114 valence electrons. The van der Waals surface area contributed by atoms with E-state index in [0.29, 0.717) is 6.54 Å². The molecule has 0 bridgehead atoms. The van der Waals surface area contributed by atoms with Crippen molar-refractivity contribution in [3.8, 4) is 0 Å². The number of imidazole rings is 1. The molecule has 5 nitrogen and oxygen atoms in total. The monoisotopic (exact) mass is 307 g/mol. The van der Waals surface area contributed by atoms with E-state index in [2.05, 4.69) is 30.7 Å². The van der Waals surface area contributed by atoms with Crippen molar-refractivity contribution in [2.75, 3.05) is 7.05 Å². The molecule has 6 heteroatoms. The van der Waals surface area contributed by atoms with E-state index >= 15 is 0 Å². The molecule has 2 aromatic rings. The van der Waals surface area contributed by atoms with Gasteiger partial charge in [0.05, 0.1) is 12.5 Å². The van der Waals surface area contributed by atoms with Gasteiger partial charge in [-0.1, -0.05) is 45.0 Å². The first-order valence-corrected chi connectivity index (χ1v) is 8.19. The van der Waals surface area contributed by atoms with Crippen LogP contribution >= 0.6 is 0 Å². The first-order chi connectivity index (χ1) is 9.71. The van der Waals surface area contributed by atoms with Gasteiger partial charge in [0.15, 0.2) is 5.03 Å². The Hall–Kier alpha value is -1.66. The first kappa shape index (κ1) is 15.7. The molecule has 1 N–H and O–H groups in total. The van der Waals surface area contributed by atoms with Crippen LogP contribution in [0.1, 0.15) is 31.9 Å². The fourth-order valence-corrected chi connectivity index (χ4v) is 3.05. The van der Waals surface area contributed by atoms with Crippen LogP contribution in [-0.2, 0) is 22.0 Å². The average Bonchev–Trinajstić information content (AvgIpc) is 2.92. The van der Waals surface area contributed by atoms with Gasteiger partial charge in [-0.15, -0.1) is 0 Å². The lowest BCUT2D eigenvalue weighted by molar-refractivity contribution is 0.464. The van der Waals surface area contributed by atoms with E-state index in [9.17, 15) is 8.42 Å². The summed E-state index contributed by atoms with van der Waals surface area (Å²) >= 11 is 0. The number of H-pyrrole nitrogens is 1. The zero-order valence-corrected chi connectivity index (χ0v) is 13.6. The third-order valence-corrected chi connectivity index (χ3v) is 5.12. The fourth-order valence-electron chi connectivity index (χ4n) is 2.00. The highest BCUT2D eigenvalue weighted by Crippen LogP contribution is 2.23. The van der Waals surface area contributed by atoms with Crippen molar-refractivity contribution in [3.05, 3.63) is 47.9 Å². The summed E-state index contributed by atoms with van der Waals surface area (Å²) in [6.07, 6.45) is 2.67. The molecule has 0 saturated carbocycles. The third kappa shape index (κ3) is 3.51. The minimum atomic E-state index is -3.52. The van der Waals surface area contributed by atoms with E-state index in [-0.39, 0.29) is 10.4 Å². The molecule has 0 radical (unpaired) electrons. The van der Waals surface area contributed by atoms with Gasteiger partial charge in [-0.3, -0.25) is 0 Å². The van der Waals surface area contributed by atoms with Gasteiger partial charge in [0, 0.05) is 13.6 Å². The van der Waals surface area contributed by atoms with Crippen LogP contribution in [-0.4, -0.2) is 29.7 Å². The SMILES string of the molecule is CN(Cc1ccc(C(C)(C)C)cc1)S(=O)(=O)c1cnc[nH]1. The van der Waals surface area contributed by atoms with Crippen LogP contribution in [0.5, 0.6) is 0 Å². The molecular weight excluding hydrogens is 286 g/mol. The highest BCUT2D eigenvalue weighted by atomic mass is 32.2. The van der Waals surface area contributed by atoms with Crippen molar-refractivity contribution in [2.24, 2.45) is 0 Å². The van der Waals surface area contributed by atoms with Crippen molar-refractivity contribution in [1.82, 2.24) is 14.3 Å². The standard InChI is InChI=1S/C15H21N3O2S/c1-15(2,3)13-7-5-12(6-8-13)10-18(4)21(19,20)14-9-16-11-17-14/h5-9,11H,10H2,1-4H3,(H,16,17). The predicted octanol–water partition coefficient (Wildman–Crippen LogP) is 2.53. The number of sulfonamides is 1. The van der Waals surface area contributed by atoms with Gasteiger partial charge >= 0.3 is 0 Å². The van der Waals surface area contributed by atoms with Gasteiger partial charge < -0.3 is 4.98 Å². The van der Waals surface area contributed by atoms with E-state index in [1.165, 1.54) is 22.4 Å². The van der Waals surface area contributed by atoms with Crippen molar-refractivity contribution < 1.29 is 8.42 Å². The van der Waals surface area contributed by atoms with Gasteiger partial charge in [0.2, 0.25) is 0 Å². The van der Waals surface area contributed by atoms with Crippen LogP contribution in [0, 0.1) is 0 Å². The summed E-state index contributed by atoms with van der Waals surface area (Å²) in [7, 11) is -1.95. The molecule has 1 heterocycles. The predicted molar refractivity (Wildman–Crippen MR) is 82.4 cm³/mol. The Morgan fingerprint density at radius 1 is 1.19 bits per heavy atom. The molecule has 0 fully saturated rings. The molecule has 0 amide bonds. The molecule has 0 aliphatic heterocycles. The third-order valence-electron chi connectivity index (χ3n) is 3.39. The van der Waals surface area contributed by atoms with Crippen molar-refractivity contribution in [3.63, 3.8) is 0 Å². The van der Waals surface area contributed by atoms with Crippen LogP contribution < -0.4 is 0 Å². The summed E-state index contributed by atoms with van der Waals surface area (Å²) < 4.78 is 25.9. The second-order valence-electron chi connectivity index (χ2n) is 6.12. The maximum atomic E-state index is 12.3. The lowest BCUT2D eigenvalue weighted by Gasteiger charge is -2.20. The number of rotatable bonds is 4. The Morgan fingerprint density at radius 2 is 1.81 bits per heavy atom. The Labute approximate surface area is 126 Å². The largest absolute Gasteiger partial charge is 0.335 e. The summed E-state index contributed by atoms with van der Waals surface area (Å²) in [6, 6.07) is 8.04. The summed E-state index contributed by atoms with van der Waals surface area (Å²) in [5, 5.41) is 0.108. The van der Waals surface area contributed by atoms with Gasteiger partial charge in [0.1, 0.15) is 0 Å². The number of benzene rings is 1. The maximum absolute atomic E-state index is 12.3. The van der Waals surface area contributed by atoms with Crippen LogP contribution in [0.2, 0.25) is 0 Å². The molecule has 1 aromatic carbocycles. The number of hydrogen-bond acceptors (Lipinski definition) is 3. The van der Waals surface area contributed by atoms with Gasteiger partial charge in [-0.05, 0) is 16.5 Å². The molecule has 0 saturated heterocycles. The summed E-state index contributed by atoms with van der Waals surface area (Å²) in [5.41, 5.74) is 2.27. The number of nitrogens with zero attached hydrogens (tertiary/aromatic N) is 2. The average molecular weight is 307 g/mol. The van der Waals surface area contributed by atoms with E-state index in [0.717, 1.165) is 5.56 Å². The number of aromatic amines is 1. The summed E-state index contributed by atoms with van der Waals surface area (Å²) in [4.78, 5) is 6.39. The summed E-state index contributed by atoms with van der Waals surface area (Å²) in [6.45, 7) is 6.77. The number of aromatic nitrogens is 2. The molecule has 0 aliphatic carbocycles. The van der Waals surface area contributed by atoms with Crippen molar-refractivity contribution in [1.29, 1.82) is 0 Å². The summed E-state index contributed by atoms with van der Waals surface area (Å²) in [5.74, 6) is 0. The van der Waals surface area contributed by atoms with Crippen LogP contribution in [0.15, 0.2) is 41.8 Å². The minimum Gasteiger partial charge on any atom is -0.335 e. The smallest absolute Gasteiger partial charge is 0.260 e. The van der Waals surface area contributed by atoms with Gasteiger partial charge in [0.25, 0.3) is 10.0 Å². The normalized spacial score (nSPS) is 12.8. The molecule has 21 heavy (non-hydrogen) atoms. The quantitative estimate of drug-likeness (QED) is 0.944. The Kier molecular flexibility index (Phi) is 4.20. The molecule has 0 aliphatic rings. The molecular formula is C15H21N3O2S. The lowest BCUT2D eigenvalue weighted by atomic mass is 9.87. The molecule has 0 atom stereocenters. The van der Waals surface area contributed by atoms with Gasteiger partial charge in [-0.2, -0.15) is 4.31 Å². The van der Waals surface area contributed by atoms with E-state index in [1.54, 1.807) is 7.05 Å². The number of nitrogens with one attached hydrogen (secondary N) is 1. The highest BCUT2D eigenvalue weighted by molar-refractivity contribution is 7.89. The Bertz CT molecular complexity index is 684. The van der Waals surface area contributed by atoms with E-state index in [4.69, 9.17) is 0 Å². The molecule has 0 spiro atoms. The molecule has 1 aromatic heterocycles. The maximum Gasteiger partial charge on any atom is 0.260 e. The first-order valence-electron chi connectivity index (χ1n) is 6.75. The second-order valence-corrected chi connectivity index (χ2v) is 8.14. The van der Waals surface area contributed by atoms with Crippen molar-refractivity contribution in [2.45, 2.75) is 37.8 Å². The highest BCUT2D eigenvalue weighted by Gasteiger charge is 2.22. The minimum absolute atomic E-state index is 0.0897. The van der Waals surface area contributed by atoms with Crippen LogP contribution in [0.4, 0.5) is 0 Å². The fraction of sp³-hybridized carbons (Fsp3) is 0.400. The zero-order chi connectivity index (χ0) is 15.7. The Balaban J connectivity index is 2.15. The van der Waals surface area contributed by atoms with E-state index in [1.807, 2.05) is 24.3 Å². The Morgan fingerprint density at radius 3 is 2.29 bits per heavy atom. The van der Waals surface area contributed by atoms with E-state index < -0.39 is 10.0 Å². The second kappa shape index (κ2) is 5.61.